The molecule has 0 amide bonds. The molecule has 30 heavy (non-hydrogen) atoms. The van der Waals surface area contributed by atoms with Gasteiger partial charge in [0.1, 0.15) is 11.4 Å². The Labute approximate surface area is 192 Å². The van der Waals surface area contributed by atoms with Crippen LogP contribution < -0.4 is 15.4 Å². The molecule has 2 fully saturated rings. The van der Waals surface area contributed by atoms with Crippen molar-refractivity contribution in [1.29, 1.82) is 5.26 Å². The molecule has 1 aliphatic carbocycles. The zero-order valence-corrected chi connectivity index (χ0v) is 19.5. The lowest BCUT2D eigenvalue weighted by Crippen LogP contribution is -2.48. The van der Waals surface area contributed by atoms with E-state index in [2.05, 4.69) is 44.8 Å². The second-order valence-corrected chi connectivity index (χ2v) is 9.57. The Bertz CT molecular complexity index is 944. The van der Waals surface area contributed by atoms with Crippen molar-refractivity contribution in [1.82, 2.24) is 10.6 Å². The molecular weight excluding hydrogens is 462 g/mol. The molecule has 2 aromatic rings. The van der Waals surface area contributed by atoms with E-state index in [1.54, 1.807) is 7.11 Å². The van der Waals surface area contributed by atoms with Crippen LogP contribution in [-0.4, -0.2) is 19.2 Å². The number of ether oxygens (including phenoxy) is 1. The first kappa shape index (κ1) is 21.6. The average Bonchev–Trinajstić information content (AvgIpc) is 3.12. The summed E-state index contributed by atoms with van der Waals surface area (Å²) in [7, 11) is 1.70. The zero-order valence-electron chi connectivity index (χ0n) is 17.2. The van der Waals surface area contributed by atoms with Crippen LogP contribution in [0.1, 0.15) is 48.8 Å². The van der Waals surface area contributed by atoms with Gasteiger partial charge in [0.05, 0.1) is 19.6 Å². The van der Waals surface area contributed by atoms with Crippen molar-refractivity contribution in [2.75, 3.05) is 7.11 Å². The Hall–Kier alpha value is -1.58. The third-order valence-electron chi connectivity index (χ3n) is 6.44. The minimum atomic E-state index is -0.546. The van der Waals surface area contributed by atoms with Gasteiger partial charge in [0.15, 0.2) is 0 Å². The van der Waals surface area contributed by atoms with Gasteiger partial charge in [-0.05, 0) is 66.6 Å². The Kier molecular flexibility index (Phi) is 6.69. The van der Waals surface area contributed by atoms with Crippen molar-refractivity contribution in [3.63, 3.8) is 0 Å². The van der Waals surface area contributed by atoms with Gasteiger partial charge in [-0.3, -0.25) is 10.6 Å². The molecule has 1 aliphatic heterocycles. The van der Waals surface area contributed by atoms with E-state index in [-0.39, 0.29) is 0 Å². The molecule has 2 aliphatic rings. The van der Waals surface area contributed by atoms with Crippen LogP contribution >= 0.6 is 27.5 Å². The van der Waals surface area contributed by atoms with Crippen molar-refractivity contribution in [3.8, 4) is 11.8 Å². The van der Waals surface area contributed by atoms with Crippen LogP contribution in [0.15, 0.2) is 40.9 Å². The predicted molar refractivity (Wildman–Crippen MR) is 124 cm³/mol. The van der Waals surface area contributed by atoms with Crippen molar-refractivity contribution in [2.45, 2.75) is 62.7 Å². The number of hydrogen-bond donors (Lipinski definition) is 2. The Morgan fingerprint density at radius 2 is 1.90 bits per heavy atom. The van der Waals surface area contributed by atoms with Crippen molar-refractivity contribution < 1.29 is 4.74 Å². The summed E-state index contributed by atoms with van der Waals surface area (Å²) in [5.41, 5.74) is 2.78. The summed E-state index contributed by atoms with van der Waals surface area (Å²) in [6.07, 6.45) is 6.72. The molecule has 4 rings (SSSR count). The van der Waals surface area contributed by atoms with Gasteiger partial charge in [-0.2, -0.15) is 5.26 Å². The van der Waals surface area contributed by atoms with Gasteiger partial charge in [-0.1, -0.05) is 52.5 Å². The van der Waals surface area contributed by atoms with E-state index in [0.717, 1.165) is 57.6 Å². The van der Waals surface area contributed by atoms with Gasteiger partial charge in [-0.15, -0.1) is 0 Å². The molecule has 2 unspecified atom stereocenters. The van der Waals surface area contributed by atoms with Gasteiger partial charge in [0, 0.05) is 21.6 Å². The van der Waals surface area contributed by atoms with Gasteiger partial charge in [0.2, 0.25) is 0 Å². The number of nitriles is 1. The monoisotopic (exact) mass is 487 g/mol. The van der Waals surface area contributed by atoms with E-state index in [0.29, 0.717) is 18.5 Å². The summed E-state index contributed by atoms with van der Waals surface area (Å²) in [6.45, 7) is 0. The number of benzene rings is 2. The van der Waals surface area contributed by atoms with Crippen molar-refractivity contribution in [2.24, 2.45) is 0 Å². The van der Waals surface area contributed by atoms with Crippen LogP contribution in [0.3, 0.4) is 0 Å². The highest BCUT2D eigenvalue weighted by Crippen LogP contribution is 2.38. The molecule has 0 aromatic heterocycles. The number of fused-ring (bicyclic) bond motifs is 1. The smallest absolute Gasteiger partial charge is 0.122 e. The van der Waals surface area contributed by atoms with E-state index in [4.69, 9.17) is 16.3 Å². The largest absolute Gasteiger partial charge is 0.496 e. The maximum atomic E-state index is 9.67. The summed E-state index contributed by atoms with van der Waals surface area (Å²) < 4.78 is 6.58. The highest BCUT2D eigenvalue weighted by molar-refractivity contribution is 9.10. The number of nitrogens with zero attached hydrogens (tertiary/aromatic N) is 1. The number of hydrogen-bond acceptors (Lipinski definition) is 4. The molecule has 1 heterocycles. The predicted octanol–water partition coefficient (Wildman–Crippen LogP) is 5.47. The highest BCUT2D eigenvalue weighted by Gasteiger charge is 2.46. The van der Waals surface area contributed by atoms with Gasteiger partial charge in [-0.25, -0.2) is 0 Å². The lowest BCUT2D eigenvalue weighted by molar-refractivity contribution is 0.329. The molecule has 4 nitrogen and oxygen atoms in total. The first-order valence-corrected chi connectivity index (χ1v) is 11.8. The molecular formula is C24H27BrClN3O. The fourth-order valence-electron chi connectivity index (χ4n) is 5.04. The number of halogens is 2. The second kappa shape index (κ2) is 9.28. The molecule has 2 aromatic carbocycles. The fourth-order valence-corrected chi connectivity index (χ4v) is 5.71. The maximum absolute atomic E-state index is 9.67. The number of methoxy groups -OCH3 is 1. The first-order chi connectivity index (χ1) is 14.6. The Balaban J connectivity index is 1.67. The van der Waals surface area contributed by atoms with Crippen molar-refractivity contribution >= 4 is 27.5 Å². The fraction of sp³-hybridized carbons (Fsp3) is 0.458. The van der Waals surface area contributed by atoms with E-state index < -0.39 is 5.66 Å². The molecule has 0 bridgehead atoms. The third-order valence-corrected chi connectivity index (χ3v) is 7.29. The topological polar surface area (TPSA) is 57.1 Å². The van der Waals surface area contributed by atoms with Crippen LogP contribution in [0.5, 0.6) is 5.75 Å². The van der Waals surface area contributed by atoms with Gasteiger partial charge < -0.3 is 4.74 Å². The van der Waals surface area contributed by atoms with E-state index >= 15 is 0 Å². The summed E-state index contributed by atoms with van der Waals surface area (Å²) >= 11 is 10.3. The molecule has 2 atom stereocenters. The number of nitrogens with one attached hydrogen (secondary N) is 2. The van der Waals surface area contributed by atoms with Crippen LogP contribution in [0.25, 0.3) is 0 Å². The normalized spacial score (nSPS) is 25.5. The van der Waals surface area contributed by atoms with E-state index in [1.807, 2.05) is 24.3 Å². The van der Waals surface area contributed by atoms with Crippen LogP contribution in [-0.2, 0) is 18.5 Å². The molecule has 1 saturated carbocycles. The summed E-state index contributed by atoms with van der Waals surface area (Å²) in [5, 5.41) is 18.0. The lowest BCUT2D eigenvalue weighted by Gasteiger charge is -2.32. The second-order valence-electron chi connectivity index (χ2n) is 8.25. The summed E-state index contributed by atoms with van der Waals surface area (Å²) in [5.74, 6) is 0.877. The minimum Gasteiger partial charge on any atom is -0.496 e. The maximum Gasteiger partial charge on any atom is 0.122 e. The van der Waals surface area contributed by atoms with Crippen LogP contribution in [0.2, 0.25) is 5.02 Å². The first-order valence-electron chi connectivity index (χ1n) is 10.6. The van der Waals surface area contributed by atoms with Gasteiger partial charge >= 0.3 is 0 Å². The van der Waals surface area contributed by atoms with Crippen LogP contribution in [0, 0.1) is 11.3 Å². The van der Waals surface area contributed by atoms with Crippen molar-refractivity contribution in [3.05, 3.63) is 62.6 Å². The van der Waals surface area contributed by atoms with E-state index in [9.17, 15) is 5.26 Å². The zero-order chi connectivity index (χ0) is 21.1. The quantitative estimate of drug-likeness (QED) is 0.566. The lowest BCUT2D eigenvalue weighted by atomic mass is 9.89. The van der Waals surface area contributed by atoms with Gasteiger partial charge in [0.25, 0.3) is 0 Å². The Morgan fingerprint density at radius 1 is 1.17 bits per heavy atom. The molecule has 0 radical (unpaired) electrons. The molecule has 0 spiro atoms. The molecule has 158 valence electrons. The molecule has 2 N–H and O–H groups in total. The molecule has 1 saturated heterocycles. The minimum absolute atomic E-state index is 0.369. The number of aryl methyl sites for hydroxylation is 1. The SMILES string of the molecule is COc1ccc(Br)cc1CCc1c(Cl)cccc1C1(CC#N)NC2CCCCC2N1. The third kappa shape index (κ3) is 4.24. The summed E-state index contributed by atoms with van der Waals surface area (Å²) in [6, 6.07) is 15.3. The number of rotatable bonds is 6. The standard InChI is InChI=1S/C24H27BrClN3O/c1-30-23-12-10-17(25)15-16(23)9-11-18-19(5-4-6-20(18)26)24(13-14-27)28-21-7-2-3-8-22(21)29-24/h4-6,10,12,15,21-22,28-29H,2-3,7-9,11,13H2,1H3. The average molecular weight is 489 g/mol. The van der Waals surface area contributed by atoms with E-state index in [1.165, 1.54) is 12.8 Å². The highest BCUT2D eigenvalue weighted by atomic mass is 79.9. The summed E-state index contributed by atoms with van der Waals surface area (Å²) in [4.78, 5) is 0. The molecule has 6 heteroatoms. The Morgan fingerprint density at radius 3 is 2.57 bits per heavy atom. The van der Waals surface area contributed by atoms with Crippen LogP contribution in [0.4, 0.5) is 0 Å².